The number of thioether (sulfide) groups is 3. The molecule has 0 aliphatic carbocycles. The van der Waals surface area contributed by atoms with Crippen LogP contribution >= 0.6 is 46.9 Å². The molecule has 34 heavy (non-hydrogen) atoms. The zero-order valence-electron chi connectivity index (χ0n) is 17.3. The maximum absolute atomic E-state index is 12.8. The van der Waals surface area contributed by atoms with Gasteiger partial charge in [-0.3, -0.25) is 14.5 Å². The van der Waals surface area contributed by atoms with Crippen molar-refractivity contribution in [3.05, 3.63) is 40.6 Å². The van der Waals surface area contributed by atoms with Crippen LogP contribution in [0.2, 0.25) is 5.02 Å². The summed E-state index contributed by atoms with van der Waals surface area (Å²) in [6, 6.07) is 8.23. The summed E-state index contributed by atoms with van der Waals surface area (Å²) in [5.74, 6) is -1.26. The predicted octanol–water partition coefficient (Wildman–Crippen LogP) is 1.47. The van der Waals surface area contributed by atoms with Crippen LogP contribution in [0.5, 0.6) is 0 Å². The maximum atomic E-state index is 12.8. The van der Waals surface area contributed by atoms with Gasteiger partial charge < -0.3 is 10.4 Å². The van der Waals surface area contributed by atoms with Crippen LogP contribution in [-0.2, 0) is 20.9 Å². The molecule has 3 heterocycles. The molecule has 4 rings (SSSR count). The van der Waals surface area contributed by atoms with Crippen molar-refractivity contribution >= 4 is 64.7 Å². The number of β-lactam (4-membered cyclic amide) rings is 1. The number of nitriles is 1. The lowest BCUT2D eigenvalue weighted by atomic mass is 10.0. The Morgan fingerprint density at radius 2 is 2.09 bits per heavy atom. The molecule has 0 saturated carbocycles. The predicted molar refractivity (Wildman–Crippen MR) is 126 cm³/mol. The number of amides is 2. The first kappa shape index (κ1) is 24.4. The van der Waals surface area contributed by atoms with E-state index in [0.717, 1.165) is 4.90 Å². The summed E-state index contributed by atoms with van der Waals surface area (Å²) in [4.78, 5) is 39.2. The van der Waals surface area contributed by atoms with Crippen molar-refractivity contribution in [3.63, 3.8) is 0 Å². The fraction of sp³-hybridized carbons (Fsp3) is 0.316. The molecule has 2 aliphatic rings. The molecule has 1 aromatic carbocycles. The number of hydrogen-bond donors (Lipinski definition) is 2. The minimum absolute atomic E-state index is 0.0285. The number of fused-ring (bicyclic) bond motifs is 1. The van der Waals surface area contributed by atoms with Crippen molar-refractivity contribution in [2.24, 2.45) is 0 Å². The number of carboxylic acids is 1. The van der Waals surface area contributed by atoms with E-state index in [1.807, 2.05) is 6.07 Å². The van der Waals surface area contributed by atoms with Crippen molar-refractivity contribution in [1.82, 2.24) is 30.4 Å². The van der Waals surface area contributed by atoms with Gasteiger partial charge in [0.25, 0.3) is 5.91 Å². The van der Waals surface area contributed by atoms with Gasteiger partial charge in [-0.1, -0.05) is 23.4 Å². The van der Waals surface area contributed by atoms with Crippen molar-refractivity contribution in [2.75, 3.05) is 17.3 Å². The summed E-state index contributed by atoms with van der Waals surface area (Å²) in [7, 11) is 0. The fourth-order valence-corrected chi connectivity index (χ4v) is 6.50. The molecule has 1 saturated heterocycles. The molecule has 11 nitrogen and oxygen atoms in total. The number of carboxylic acid groups (broad SMARTS) is 1. The van der Waals surface area contributed by atoms with Crippen molar-refractivity contribution < 1.29 is 19.5 Å². The van der Waals surface area contributed by atoms with Crippen LogP contribution < -0.4 is 5.32 Å². The third-order valence-electron chi connectivity index (χ3n) is 4.84. The van der Waals surface area contributed by atoms with Crippen LogP contribution in [0, 0.1) is 11.3 Å². The molecule has 1 unspecified atom stereocenters. The number of carbonyl (C=O) groups excluding carboxylic acids is 2. The molecule has 2 amide bonds. The molecule has 176 valence electrons. The van der Waals surface area contributed by atoms with Gasteiger partial charge in [0.1, 0.15) is 23.7 Å². The van der Waals surface area contributed by atoms with Crippen LogP contribution in [-0.4, -0.2) is 76.7 Å². The number of nitrogens with zero attached hydrogens (tertiary/aromatic N) is 6. The van der Waals surface area contributed by atoms with E-state index in [-0.39, 0.29) is 29.7 Å². The molecule has 0 bridgehead atoms. The second-order valence-corrected chi connectivity index (χ2v) is 10.6. The van der Waals surface area contributed by atoms with E-state index in [4.69, 9.17) is 16.9 Å². The van der Waals surface area contributed by atoms with Crippen molar-refractivity contribution in [1.29, 1.82) is 5.26 Å². The van der Waals surface area contributed by atoms with E-state index in [0.29, 0.717) is 21.5 Å². The van der Waals surface area contributed by atoms with Gasteiger partial charge in [-0.15, -0.1) is 28.6 Å². The van der Waals surface area contributed by atoms with Crippen LogP contribution in [0.15, 0.2) is 45.6 Å². The normalized spacial score (nSPS) is 19.3. The van der Waals surface area contributed by atoms with Crippen molar-refractivity contribution in [2.45, 2.75) is 28.0 Å². The zero-order chi connectivity index (χ0) is 24.2. The first-order valence-electron chi connectivity index (χ1n) is 9.72. The Morgan fingerprint density at radius 3 is 2.79 bits per heavy atom. The molecule has 1 aromatic heterocycles. The van der Waals surface area contributed by atoms with E-state index >= 15 is 0 Å². The SMILES string of the molecule is N#CCn1nnnc1SCC1=C(C(=O)O)N2C(=O)C(NC(=O)CSc3ccc(Cl)cc3)[C@@H]2SC1. The van der Waals surface area contributed by atoms with Gasteiger partial charge >= 0.3 is 5.97 Å². The van der Waals surface area contributed by atoms with E-state index in [1.165, 1.54) is 44.9 Å². The first-order chi connectivity index (χ1) is 16.4. The molecule has 2 aliphatic heterocycles. The third-order valence-corrected chi connectivity index (χ3v) is 8.49. The lowest BCUT2D eigenvalue weighted by Gasteiger charge is -2.49. The first-order valence-corrected chi connectivity index (χ1v) is 13.1. The number of halogens is 1. The second kappa shape index (κ2) is 10.7. The molecule has 0 spiro atoms. The smallest absolute Gasteiger partial charge is 0.352 e. The molecule has 15 heteroatoms. The van der Waals surface area contributed by atoms with E-state index < -0.39 is 23.3 Å². The summed E-state index contributed by atoms with van der Waals surface area (Å²) < 4.78 is 1.31. The number of carbonyl (C=O) groups is 3. The monoisotopic (exact) mass is 537 g/mol. The Labute approximate surface area is 211 Å². The van der Waals surface area contributed by atoms with Gasteiger partial charge in [0, 0.05) is 21.4 Å². The molecule has 2 aromatic rings. The van der Waals surface area contributed by atoms with Gasteiger partial charge in [-0.25, -0.2) is 9.48 Å². The van der Waals surface area contributed by atoms with Gasteiger partial charge in [0.2, 0.25) is 11.1 Å². The van der Waals surface area contributed by atoms with E-state index in [9.17, 15) is 19.5 Å². The minimum atomic E-state index is -1.21. The Kier molecular flexibility index (Phi) is 7.67. The van der Waals surface area contributed by atoms with Crippen LogP contribution in [0.3, 0.4) is 0 Å². The quantitative estimate of drug-likeness (QED) is 0.353. The highest BCUT2D eigenvalue weighted by Gasteiger charge is 2.54. The third kappa shape index (κ3) is 5.17. The van der Waals surface area contributed by atoms with Crippen molar-refractivity contribution in [3.8, 4) is 6.07 Å². The highest BCUT2D eigenvalue weighted by atomic mass is 35.5. The Balaban J connectivity index is 1.38. The minimum Gasteiger partial charge on any atom is -0.477 e. The van der Waals surface area contributed by atoms with Gasteiger partial charge in [0.05, 0.1) is 11.8 Å². The number of benzene rings is 1. The molecule has 0 radical (unpaired) electrons. The second-order valence-electron chi connectivity index (χ2n) is 7.02. The lowest BCUT2D eigenvalue weighted by molar-refractivity contribution is -0.150. The summed E-state index contributed by atoms with van der Waals surface area (Å²) in [6.07, 6.45) is 0. The Hall–Kier alpha value is -2.73. The summed E-state index contributed by atoms with van der Waals surface area (Å²) in [5.41, 5.74) is 0.461. The van der Waals surface area contributed by atoms with Gasteiger partial charge in [0.15, 0.2) is 0 Å². The average Bonchev–Trinajstić information content (AvgIpc) is 3.27. The number of tetrazole rings is 1. The number of rotatable bonds is 9. The maximum Gasteiger partial charge on any atom is 0.352 e. The van der Waals surface area contributed by atoms with Crippen LogP contribution in [0.25, 0.3) is 0 Å². The summed E-state index contributed by atoms with van der Waals surface area (Å²) in [6.45, 7) is -0.0285. The highest BCUT2D eigenvalue weighted by molar-refractivity contribution is 8.01. The van der Waals surface area contributed by atoms with E-state index in [1.54, 1.807) is 24.3 Å². The lowest BCUT2D eigenvalue weighted by Crippen LogP contribution is -2.70. The fourth-order valence-electron chi connectivity index (χ4n) is 3.31. The standard InChI is InChI=1S/C19H16ClN7O4S3/c20-11-1-3-12(4-2-11)32-9-13(28)22-14-16(29)27-15(18(30)31)10(7-33-17(14)27)8-34-19-23-24-25-26(19)6-5-21/h1-4,14,17H,6-9H2,(H,22,28)(H,30,31)/t14?,17-/m0/s1. The summed E-state index contributed by atoms with van der Waals surface area (Å²) in [5, 5.41) is 32.9. The molecular weight excluding hydrogens is 522 g/mol. The zero-order valence-corrected chi connectivity index (χ0v) is 20.5. The molecule has 1 fully saturated rings. The van der Waals surface area contributed by atoms with Crippen LogP contribution in [0.1, 0.15) is 0 Å². The number of aliphatic carboxylic acids is 1. The topological polar surface area (TPSA) is 154 Å². The number of nitrogens with one attached hydrogen (secondary N) is 1. The molecule has 2 N–H and O–H groups in total. The number of aromatic nitrogens is 4. The average molecular weight is 538 g/mol. The van der Waals surface area contributed by atoms with Gasteiger partial charge in [-0.2, -0.15) is 5.26 Å². The molecule has 2 atom stereocenters. The summed E-state index contributed by atoms with van der Waals surface area (Å²) >= 11 is 9.75. The number of hydrogen-bond acceptors (Lipinski definition) is 10. The van der Waals surface area contributed by atoms with Gasteiger partial charge in [-0.05, 0) is 40.3 Å². The molecular formula is C19H16ClN7O4S3. The Morgan fingerprint density at radius 1 is 1.32 bits per heavy atom. The Bertz CT molecular complexity index is 1200. The largest absolute Gasteiger partial charge is 0.477 e. The highest BCUT2D eigenvalue weighted by Crippen LogP contribution is 2.41. The van der Waals surface area contributed by atoms with Crippen LogP contribution in [0.4, 0.5) is 0 Å². The van der Waals surface area contributed by atoms with E-state index in [2.05, 4.69) is 20.8 Å².